The zero-order valence-electron chi connectivity index (χ0n) is 11.8. The maximum absolute atomic E-state index is 10.0. The summed E-state index contributed by atoms with van der Waals surface area (Å²) in [4.78, 5) is 11.1. The summed E-state index contributed by atoms with van der Waals surface area (Å²) in [7, 11) is 0. The van der Waals surface area contributed by atoms with Crippen LogP contribution in [0.25, 0.3) is 0 Å². The molecule has 0 bridgehead atoms. The second kappa shape index (κ2) is 6.06. The second-order valence-corrected chi connectivity index (χ2v) is 6.01. The predicted octanol–water partition coefficient (Wildman–Crippen LogP) is 1.31. The highest BCUT2D eigenvalue weighted by Crippen LogP contribution is 2.33. The quantitative estimate of drug-likeness (QED) is 0.872. The van der Waals surface area contributed by atoms with Gasteiger partial charge in [-0.3, -0.25) is 0 Å². The summed E-state index contributed by atoms with van der Waals surface area (Å²) in [5.74, 6) is 1.30. The highest BCUT2D eigenvalue weighted by atomic mass is 16.3. The lowest BCUT2D eigenvalue weighted by atomic mass is 9.95. The molecule has 1 saturated heterocycles. The maximum atomic E-state index is 10.0. The number of hydrogen-bond acceptors (Lipinski definition) is 5. The Morgan fingerprint density at radius 2 is 2.05 bits per heavy atom. The van der Waals surface area contributed by atoms with Gasteiger partial charge in [-0.15, -0.1) is 0 Å². The molecule has 5 heteroatoms. The highest BCUT2D eigenvalue weighted by molar-refractivity contribution is 5.32. The van der Waals surface area contributed by atoms with E-state index < -0.39 is 6.10 Å². The van der Waals surface area contributed by atoms with Crippen molar-refractivity contribution in [1.82, 2.24) is 9.97 Å². The van der Waals surface area contributed by atoms with Crippen LogP contribution in [0.15, 0.2) is 12.3 Å². The Hall–Kier alpha value is -1.20. The van der Waals surface area contributed by atoms with Gasteiger partial charge in [0.25, 0.3) is 0 Å². The minimum absolute atomic E-state index is 0.00994. The van der Waals surface area contributed by atoms with Gasteiger partial charge in [-0.25, -0.2) is 9.97 Å². The van der Waals surface area contributed by atoms with Gasteiger partial charge in [-0.2, -0.15) is 0 Å². The number of hydrogen-bond donors (Lipinski definition) is 2. The zero-order valence-corrected chi connectivity index (χ0v) is 11.8. The van der Waals surface area contributed by atoms with Gasteiger partial charge in [0.15, 0.2) is 0 Å². The monoisotopic (exact) mass is 277 g/mol. The molecule has 1 aliphatic heterocycles. The Labute approximate surface area is 119 Å². The molecule has 5 nitrogen and oxygen atoms in total. The Kier molecular flexibility index (Phi) is 4.17. The summed E-state index contributed by atoms with van der Waals surface area (Å²) in [5, 5.41) is 19.2. The molecule has 2 fully saturated rings. The Balaban J connectivity index is 1.72. The Bertz CT molecular complexity index is 448. The molecule has 0 spiro atoms. The van der Waals surface area contributed by atoms with Crippen LogP contribution >= 0.6 is 0 Å². The number of aliphatic hydroxyl groups is 2. The van der Waals surface area contributed by atoms with Crippen molar-refractivity contribution in [1.29, 1.82) is 0 Å². The molecule has 3 rings (SSSR count). The topological polar surface area (TPSA) is 69.5 Å². The molecular formula is C15H23N3O2. The van der Waals surface area contributed by atoms with Crippen LogP contribution < -0.4 is 4.90 Å². The van der Waals surface area contributed by atoms with E-state index in [1.807, 2.05) is 17.2 Å². The van der Waals surface area contributed by atoms with Gasteiger partial charge in [0.05, 0.1) is 6.10 Å². The highest BCUT2D eigenvalue weighted by Gasteiger charge is 2.29. The van der Waals surface area contributed by atoms with E-state index in [0.29, 0.717) is 12.5 Å². The first-order valence-corrected chi connectivity index (χ1v) is 7.64. The molecule has 0 amide bonds. The molecule has 2 atom stereocenters. The zero-order chi connectivity index (χ0) is 13.9. The van der Waals surface area contributed by atoms with E-state index >= 15 is 0 Å². The van der Waals surface area contributed by atoms with E-state index in [0.717, 1.165) is 24.6 Å². The molecule has 1 aliphatic carbocycles. The van der Waals surface area contributed by atoms with Crippen LogP contribution in [0, 0.1) is 5.92 Å². The molecule has 0 unspecified atom stereocenters. The summed E-state index contributed by atoms with van der Waals surface area (Å²) in [6.07, 6.45) is 7.18. The number of anilines is 1. The fourth-order valence-corrected chi connectivity index (χ4v) is 3.34. The largest absolute Gasteiger partial charge is 0.396 e. The Morgan fingerprint density at radius 1 is 1.25 bits per heavy atom. The predicted molar refractivity (Wildman–Crippen MR) is 76.7 cm³/mol. The van der Waals surface area contributed by atoms with Gasteiger partial charge in [0.2, 0.25) is 5.95 Å². The Morgan fingerprint density at radius 3 is 2.75 bits per heavy atom. The number of β-amino-alcohol motifs (C(OH)–C–C–N with tert-alkyl or cyclic N) is 1. The lowest BCUT2D eigenvalue weighted by Gasteiger charge is -2.35. The van der Waals surface area contributed by atoms with Crippen LogP contribution in [0.2, 0.25) is 0 Å². The third-order valence-corrected chi connectivity index (χ3v) is 4.68. The summed E-state index contributed by atoms with van der Waals surface area (Å²) in [6.45, 7) is 1.37. The first-order valence-electron chi connectivity index (χ1n) is 7.64. The summed E-state index contributed by atoms with van der Waals surface area (Å²) in [6, 6.07) is 2.02. The van der Waals surface area contributed by atoms with Gasteiger partial charge in [-0.1, -0.05) is 12.8 Å². The molecule has 1 saturated carbocycles. The normalized spacial score (nSPS) is 28.0. The van der Waals surface area contributed by atoms with E-state index in [1.54, 1.807) is 0 Å². The average Bonchev–Trinajstić information content (AvgIpc) is 3.01. The molecule has 110 valence electrons. The molecule has 2 aliphatic rings. The molecule has 0 aromatic carbocycles. The van der Waals surface area contributed by atoms with Crippen LogP contribution in [0.3, 0.4) is 0 Å². The standard InChI is InChI=1S/C15H23N3O2/c19-10-12-6-8-18(9-14(12)20)15-16-7-5-13(17-15)11-3-1-2-4-11/h5,7,11-12,14,19-20H,1-4,6,8-10H2/t12-,14-/m1/s1. The van der Waals surface area contributed by atoms with E-state index in [1.165, 1.54) is 25.7 Å². The smallest absolute Gasteiger partial charge is 0.225 e. The van der Waals surface area contributed by atoms with Crippen molar-refractivity contribution in [3.63, 3.8) is 0 Å². The first-order chi connectivity index (χ1) is 9.78. The number of nitrogens with zero attached hydrogens (tertiary/aromatic N) is 3. The van der Waals surface area contributed by atoms with Gasteiger partial charge in [0, 0.05) is 43.4 Å². The third-order valence-electron chi connectivity index (χ3n) is 4.68. The van der Waals surface area contributed by atoms with Crippen molar-refractivity contribution in [2.45, 2.75) is 44.1 Å². The fourth-order valence-electron chi connectivity index (χ4n) is 3.34. The van der Waals surface area contributed by atoms with Crippen molar-refractivity contribution < 1.29 is 10.2 Å². The fraction of sp³-hybridized carbons (Fsp3) is 0.733. The number of aromatic nitrogens is 2. The summed E-state index contributed by atoms with van der Waals surface area (Å²) >= 11 is 0. The van der Waals surface area contributed by atoms with Gasteiger partial charge >= 0.3 is 0 Å². The van der Waals surface area contributed by atoms with Gasteiger partial charge in [-0.05, 0) is 25.3 Å². The molecule has 2 heterocycles. The van der Waals surface area contributed by atoms with Crippen LogP contribution in [0.5, 0.6) is 0 Å². The molecule has 0 radical (unpaired) electrons. The minimum atomic E-state index is -0.493. The SMILES string of the molecule is OC[C@H]1CCN(c2nccc(C3CCCC3)n2)C[C@H]1O. The van der Waals surface area contributed by atoms with Crippen molar-refractivity contribution in [2.24, 2.45) is 5.92 Å². The van der Waals surface area contributed by atoms with Crippen LogP contribution in [0.4, 0.5) is 5.95 Å². The number of piperidine rings is 1. The van der Waals surface area contributed by atoms with Crippen molar-refractivity contribution in [3.8, 4) is 0 Å². The van der Waals surface area contributed by atoms with E-state index in [9.17, 15) is 10.2 Å². The summed E-state index contributed by atoms with van der Waals surface area (Å²) < 4.78 is 0. The van der Waals surface area contributed by atoms with Crippen LogP contribution in [-0.2, 0) is 0 Å². The number of rotatable bonds is 3. The second-order valence-electron chi connectivity index (χ2n) is 6.01. The third kappa shape index (κ3) is 2.79. The minimum Gasteiger partial charge on any atom is -0.396 e. The molecule has 2 N–H and O–H groups in total. The molecule has 1 aromatic heterocycles. The first kappa shape index (κ1) is 13.8. The molecule has 1 aromatic rings. The lowest BCUT2D eigenvalue weighted by Crippen LogP contribution is -2.45. The van der Waals surface area contributed by atoms with E-state index in [2.05, 4.69) is 4.98 Å². The van der Waals surface area contributed by atoms with Crippen LogP contribution in [-0.4, -0.2) is 46.0 Å². The average molecular weight is 277 g/mol. The molecule has 20 heavy (non-hydrogen) atoms. The van der Waals surface area contributed by atoms with E-state index in [4.69, 9.17) is 4.98 Å². The van der Waals surface area contributed by atoms with Crippen molar-refractivity contribution in [2.75, 3.05) is 24.6 Å². The number of aliphatic hydroxyl groups excluding tert-OH is 2. The van der Waals surface area contributed by atoms with Crippen LogP contribution in [0.1, 0.15) is 43.7 Å². The lowest BCUT2D eigenvalue weighted by molar-refractivity contribution is 0.0543. The maximum Gasteiger partial charge on any atom is 0.225 e. The van der Waals surface area contributed by atoms with Crippen molar-refractivity contribution in [3.05, 3.63) is 18.0 Å². The van der Waals surface area contributed by atoms with Crippen molar-refractivity contribution >= 4 is 5.95 Å². The molecular weight excluding hydrogens is 254 g/mol. The summed E-state index contributed by atoms with van der Waals surface area (Å²) in [5.41, 5.74) is 1.14. The van der Waals surface area contributed by atoms with E-state index in [-0.39, 0.29) is 12.5 Å². The van der Waals surface area contributed by atoms with Gasteiger partial charge in [0.1, 0.15) is 0 Å². The van der Waals surface area contributed by atoms with Gasteiger partial charge < -0.3 is 15.1 Å².